The number of ether oxygens (including phenoxy) is 2. The third-order valence-electron chi connectivity index (χ3n) is 6.64. The molecule has 5 nitrogen and oxygen atoms in total. The van der Waals surface area contributed by atoms with Gasteiger partial charge in [-0.1, -0.05) is 41.8 Å². The van der Waals surface area contributed by atoms with Crippen LogP contribution in [-0.4, -0.2) is 66.4 Å². The topological polar surface area (TPSA) is 45.2 Å². The minimum Gasteiger partial charge on any atom is -0.492 e. The third-order valence-corrected chi connectivity index (χ3v) is 7.38. The zero-order valence-electron chi connectivity index (χ0n) is 19.1. The highest BCUT2D eigenvalue weighted by atomic mass is 35.5. The second kappa shape index (κ2) is 11.8. The molecule has 0 aromatic heterocycles. The summed E-state index contributed by atoms with van der Waals surface area (Å²) in [5.74, 6) is 1.56. The van der Waals surface area contributed by atoms with Crippen molar-refractivity contribution in [3.63, 3.8) is 0 Å². The van der Waals surface area contributed by atoms with Crippen molar-refractivity contribution >= 4 is 23.2 Å². The SMILES string of the molecule is OC1(COc2ccc(Cl)c(Cl)c2)CCN(Cc2ccc(OCCN3CCCCC3)cc2)CC1. The summed E-state index contributed by atoms with van der Waals surface area (Å²) in [5.41, 5.74) is 0.435. The molecule has 0 amide bonds. The quantitative estimate of drug-likeness (QED) is 0.516. The molecule has 0 aliphatic carbocycles. The Labute approximate surface area is 207 Å². The first kappa shape index (κ1) is 24.6. The molecule has 0 spiro atoms. The molecule has 1 N–H and O–H groups in total. The van der Waals surface area contributed by atoms with Gasteiger partial charge in [-0.2, -0.15) is 0 Å². The molecule has 2 aliphatic heterocycles. The molecule has 2 aromatic rings. The number of halogens is 2. The molecule has 0 bridgehead atoms. The number of nitrogens with zero attached hydrogens (tertiary/aromatic N) is 2. The molecule has 2 saturated heterocycles. The van der Waals surface area contributed by atoms with Gasteiger partial charge in [0.05, 0.1) is 10.0 Å². The van der Waals surface area contributed by atoms with Gasteiger partial charge >= 0.3 is 0 Å². The van der Waals surface area contributed by atoms with E-state index in [0.29, 0.717) is 28.6 Å². The fourth-order valence-corrected chi connectivity index (χ4v) is 4.77. The van der Waals surface area contributed by atoms with Crippen molar-refractivity contribution in [3.8, 4) is 11.5 Å². The zero-order valence-corrected chi connectivity index (χ0v) is 20.7. The lowest BCUT2D eigenvalue weighted by Crippen LogP contribution is -2.47. The van der Waals surface area contributed by atoms with E-state index < -0.39 is 5.60 Å². The molecule has 33 heavy (non-hydrogen) atoms. The highest BCUT2D eigenvalue weighted by molar-refractivity contribution is 6.42. The van der Waals surface area contributed by atoms with Gasteiger partial charge in [0.15, 0.2) is 0 Å². The van der Waals surface area contributed by atoms with Crippen LogP contribution in [0.3, 0.4) is 0 Å². The molecule has 7 heteroatoms. The van der Waals surface area contributed by atoms with Gasteiger partial charge in [0.1, 0.15) is 30.3 Å². The van der Waals surface area contributed by atoms with Gasteiger partial charge in [0.25, 0.3) is 0 Å². The van der Waals surface area contributed by atoms with E-state index in [2.05, 4.69) is 34.1 Å². The zero-order chi connectivity index (χ0) is 23.1. The van der Waals surface area contributed by atoms with Gasteiger partial charge in [-0.25, -0.2) is 0 Å². The van der Waals surface area contributed by atoms with Crippen LogP contribution in [0.4, 0.5) is 0 Å². The Kier molecular flexibility index (Phi) is 8.78. The van der Waals surface area contributed by atoms with Crippen LogP contribution >= 0.6 is 23.2 Å². The molecule has 2 fully saturated rings. The number of likely N-dealkylation sites (tertiary alicyclic amines) is 2. The molecular weight excluding hydrogens is 459 g/mol. The number of hydrogen-bond donors (Lipinski definition) is 1. The minimum atomic E-state index is -0.825. The van der Waals surface area contributed by atoms with Gasteiger partial charge in [-0.05, 0) is 68.6 Å². The number of rotatable bonds is 9. The fourth-order valence-electron chi connectivity index (χ4n) is 4.48. The predicted octanol–water partition coefficient (Wildman–Crippen LogP) is 5.26. The van der Waals surface area contributed by atoms with Crippen molar-refractivity contribution in [3.05, 3.63) is 58.1 Å². The van der Waals surface area contributed by atoms with Gasteiger partial charge in [0.2, 0.25) is 0 Å². The van der Waals surface area contributed by atoms with Gasteiger partial charge in [0, 0.05) is 32.2 Å². The molecule has 180 valence electrons. The van der Waals surface area contributed by atoms with E-state index in [1.807, 2.05) is 0 Å². The lowest BCUT2D eigenvalue weighted by atomic mass is 9.92. The Balaban J connectivity index is 1.17. The second-order valence-corrected chi connectivity index (χ2v) is 10.1. The average molecular weight is 493 g/mol. The molecule has 0 atom stereocenters. The predicted molar refractivity (Wildman–Crippen MR) is 134 cm³/mol. The number of hydrogen-bond acceptors (Lipinski definition) is 5. The van der Waals surface area contributed by atoms with Crippen LogP contribution in [0.25, 0.3) is 0 Å². The smallest absolute Gasteiger partial charge is 0.121 e. The fraction of sp³-hybridized carbons (Fsp3) is 0.538. The van der Waals surface area contributed by atoms with Gasteiger partial charge in [-0.15, -0.1) is 0 Å². The summed E-state index contributed by atoms with van der Waals surface area (Å²) in [6.07, 6.45) is 5.33. The number of aliphatic hydroxyl groups is 1. The van der Waals surface area contributed by atoms with Crippen LogP contribution in [0.15, 0.2) is 42.5 Å². The van der Waals surface area contributed by atoms with Crippen LogP contribution in [0.1, 0.15) is 37.7 Å². The van der Waals surface area contributed by atoms with Gasteiger partial charge in [-0.3, -0.25) is 9.80 Å². The maximum absolute atomic E-state index is 10.9. The molecule has 0 radical (unpaired) electrons. The highest BCUT2D eigenvalue weighted by Gasteiger charge is 2.33. The maximum atomic E-state index is 10.9. The first-order chi connectivity index (χ1) is 16.0. The second-order valence-electron chi connectivity index (χ2n) is 9.26. The molecule has 0 saturated carbocycles. The average Bonchev–Trinajstić information content (AvgIpc) is 2.83. The van der Waals surface area contributed by atoms with Crippen molar-refractivity contribution < 1.29 is 14.6 Å². The summed E-state index contributed by atoms with van der Waals surface area (Å²) < 4.78 is 11.7. The first-order valence-electron chi connectivity index (χ1n) is 12.0. The Morgan fingerprint density at radius 1 is 0.788 bits per heavy atom. The molecule has 0 unspecified atom stereocenters. The van der Waals surface area contributed by atoms with Crippen molar-refractivity contribution in [2.24, 2.45) is 0 Å². The normalized spacial score (nSPS) is 19.4. The van der Waals surface area contributed by atoms with E-state index in [0.717, 1.165) is 38.5 Å². The monoisotopic (exact) mass is 492 g/mol. The Hall–Kier alpha value is -1.50. The van der Waals surface area contributed by atoms with Gasteiger partial charge < -0.3 is 14.6 Å². The number of benzene rings is 2. The number of piperidine rings is 2. The lowest BCUT2D eigenvalue weighted by Gasteiger charge is -2.38. The van der Waals surface area contributed by atoms with Crippen molar-refractivity contribution in [2.75, 3.05) is 45.9 Å². The molecule has 2 aliphatic rings. The molecular formula is C26H34Cl2N2O3. The van der Waals surface area contributed by atoms with E-state index in [4.69, 9.17) is 32.7 Å². The van der Waals surface area contributed by atoms with E-state index in [1.165, 1.54) is 37.9 Å². The summed E-state index contributed by atoms with van der Waals surface area (Å²) in [6, 6.07) is 13.6. The molecule has 2 heterocycles. The third kappa shape index (κ3) is 7.49. The van der Waals surface area contributed by atoms with Crippen LogP contribution in [0, 0.1) is 0 Å². The van der Waals surface area contributed by atoms with Crippen molar-refractivity contribution in [1.29, 1.82) is 0 Å². The first-order valence-corrected chi connectivity index (χ1v) is 12.7. The standard InChI is InChI=1S/C26H34Cl2N2O3/c27-24-9-8-23(18-25(24)28)33-20-26(31)10-14-30(15-11-26)19-21-4-6-22(7-5-21)32-17-16-29-12-2-1-3-13-29/h4-9,18,31H,1-3,10-17,19-20H2. The summed E-state index contributed by atoms with van der Waals surface area (Å²) in [5, 5.41) is 11.9. The van der Waals surface area contributed by atoms with Crippen molar-refractivity contribution in [2.45, 2.75) is 44.2 Å². The van der Waals surface area contributed by atoms with E-state index in [-0.39, 0.29) is 6.61 Å². The maximum Gasteiger partial charge on any atom is 0.121 e. The van der Waals surface area contributed by atoms with Crippen molar-refractivity contribution in [1.82, 2.24) is 9.80 Å². The Morgan fingerprint density at radius 2 is 1.48 bits per heavy atom. The molecule has 4 rings (SSSR count). The largest absolute Gasteiger partial charge is 0.492 e. The Bertz CT molecular complexity index is 880. The molecule has 2 aromatic carbocycles. The Morgan fingerprint density at radius 3 is 2.18 bits per heavy atom. The van der Waals surface area contributed by atoms with E-state index in [1.54, 1.807) is 18.2 Å². The van der Waals surface area contributed by atoms with E-state index in [9.17, 15) is 5.11 Å². The van der Waals surface area contributed by atoms with Crippen LogP contribution in [0.5, 0.6) is 11.5 Å². The van der Waals surface area contributed by atoms with Crippen LogP contribution in [-0.2, 0) is 6.54 Å². The summed E-state index contributed by atoms with van der Waals surface area (Å²) in [7, 11) is 0. The highest BCUT2D eigenvalue weighted by Crippen LogP contribution is 2.29. The van der Waals surface area contributed by atoms with Crippen LogP contribution < -0.4 is 9.47 Å². The van der Waals surface area contributed by atoms with Crippen LogP contribution in [0.2, 0.25) is 10.0 Å². The summed E-state index contributed by atoms with van der Waals surface area (Å²) in [6.45, 7) is 6.94. The summed E-state index contributed by atoms with van der Waals surface area (Å²) >= 11 is 12.0. The summed E-state index contributed by atoms with van der Waals surface area (Å²) in [4.78, 5) is 4.87. The minimum absolute atomic E-state index is 0.252. The lowest BCUT2D eigenvalue weighted by molar-refractivity contribution is -0.0537. The van der Waals surface area contributed by atoms with E-state index >= 15 is 0 Å².